The maximum absolute atomic E-state index is 12.5. The third kappa shape index (κ3) is 3.49. The summed E-state index contributed by atoms with van der Waals surface area (Å²) in [6, 6.07) is 8.29. The molecule has 26 heavy (non-hydrogen) atoms. The lowest BCUT2D eigenvalue weighted by atomic mass is 10.2. The number of rotatable bonds is 6. The molecule has 1 N–H and O–H groups in total. The summed E-state index contributed by atoms with van der Waals surface area (Å²) >= 11 is 0. The first kappa shape index (κ1) is 18.2. The van der Waals surface area contributed by atoms with Crippen molar-refractivity contribution in [2.75, 3.05) is 14.2 Å². The van der Waals surface area contributed by atoms with Crippen molar-refractivity contribution >= 4 is 15.7 Å². The number of hydrogen-bond donors (Lipinski definition) is 1. The van der Waals surface area contributed by atoms with Gasteiger partial charge in [0.25, 0.3) is 0 Å². The number of methoxy groups -OCH3 is 2. The van der Waals surface area contributed by atoms with Gasteiger partial charge in [0.1, 0.15) is 0 Å². The van der Waals surface area contributed by atoms with Gasteiger partial charge < -0.3 is 9.47 Å². The summed E-state index contributed by atoms with van der Waals surface area (Å²) in [6.45, 7) is 3.88. The first-order valence-corrected chi connectivity index (χ1v) is 9.37. The van der Waals surface area contributed by atoms with Gasteiger partial charge in [0.15, 0.2) is 23.0 Å². The Labute approximate surface area is 151 Å². The molecule has 0 amide bonds. The normalized spacial score (nSPS) is 11.7. The number of sulfonamides is 1. The molecule has 0 fully saturated rings. The lowest BCUT2D eigenvalue weighted by Gasteiger charge is -2.10. The topological polar surface area (TPSA) is 94.8 Å². The van der Waals surface area contributed by atoms with E-state index in [4.69, 9.17) is 9.47 Å². The van der Waals surface area contributed by atoms with E-state index in [0.717, 1.165) is 11.3 Å². The zero-order chi connectivity index (χ0) is 18.9. The Morgan fingerprint density at radius 3 is 2.50 bits per heavy atom. The summed E-state index contributed by atoms with van der Waals surface area (Å²) in [5.74, 6) is 1.19. The highest BCUT2D eigenvalue weighted by atomic mass is 32.2. The molecule has 0 aliphatic carbocycles. The van der Waals surface area contributed by atoms with Gasteiger partial charge in [-0.05, 0) is 43.7 Å². The monoisotopic (exact) mass is 376 g/mol. The van der Waals surface area contributed by atoms with Crippen molar-refractivity contribution in [1.82, 2.24) is 19.3 Å². The smallest absolute Gasteiger partial charge is 0.241 e. The Bertz CT molecular complexity index is 1060. The quantitative estimate of drug-likeness (QED) is 0.705. The maximum Gasteiger partial charge on any atom is 0.241 e. The van der Waals surface area contributed by atoms with Crippen LogP contribution in [0.3, 0.4) is 0 Å². The molecule has 0 atom stereocenters. The first-order chi connectivity index (χ1) is 12.3. The van der Waals surface area contributed by atoms with Crippen molar-refractivity contribution in [3.63, 3.8) is 0 Å². The van der Waals surface area contributed by atoms with Crippen LogP contribution in [0, 0.1) is 13.8 Å². The minimum Gasteiger partial charge on any atom is -0.493 e. The zero-order valence-corrected chi connectivity index (χ0v) is 15.8. The van der Waals surface area contributed by atoms with Crippen LogP contribution in [0.25, 0.3) is 5.65 Å². The third-order valence-corrected chi connectivity index (χ3v) is 5.29. The summed E-state index contributed by atoms with van der Waals surface area (Å²) < 4.78 is 39.6. The average molecular weight is 376 g/mol. The average Bonchev–Trinajstić information content (AvgIpc) is 3.02. The Morgan fingerprint density at radius 1 is 1.08 bits per heavy atom. The fraction of sp³-hybridized carbons (Fsp3) is 0.294. The number of aryl methyl sites for hydroxylation is 2. The van der Waals surface area contributed by atoms with Crippen molar-refractivity contribution in [3.8, 4) is 11.5 Å². The third-order valence-electron chi connectivity index (χ3n) is 3.89. The number of nitrogens with one attached hydrogen (secondary N) is 1. The molecule has 0 spiro atoms. The molecule has 9 heteroatoms. The van der Waals surface area contributed by atoms with Crippen molar-refractivity contribution < 1.29 is 17.9 Å². The molecule has 0 aliphatic rings. The van der Waals surface area contributed by atoms with Gasteiger partial charge >= 0.3 is 0 Å². The van der Waals surface area contributed by atoms with Crippen LogP contribution < -0.4 is 14.2 Å². The maximum atomic E-state index is 12.5. The molecule has 1 aromatic carbocycles. The fourth-order valence-corrected chi connectivity index (χ4v) is 3.65. The lowest BCUT2D eigenvalue weighted by molar-refractivity contribution is 0.354. The van der Waals surface area contributed by atoms with Gasteiger partial charge in [0, 0.05) is 11.8 Å². The van der Waals surface area contributed by atoms with E-state index < -0.39 is 10.0 Å². The van der Waals surface area contributed by atoms with E-state index in [1.54, 1.807) is 10.6 Å². The second-order valence-electron chi connectivity index (χ2n) is 5.81. The van der Waals surface area contributed by atoms with Crippen LogP contribution in [-0.4, -0.2) is 37.2 Å². The van der Waals surface area contributed by atoms with E-state index >= 15 is 0 Å². The molecule has 0 unspecified atom stereocenters. The number of hydrogen-bond acceptors (Lipinski definition) is 6. The number of nitrogens with zero attached hydrogens (tertiary/aromatic N) is 3. The number of fused-ring (bicyclic) bond motifs is 1. The molecule has 0 saturated carbocycles. The van der Waals surface area contributed by atoms with E-state index in [2.05, 4.69) is 14.8 Å². The molecule has 3 rings (SSSR count). The van der Waals surface area contributed by atoms with E-state index in [9.17, 15) is 8.42 Å². The molecule has 8 nitrogen and oxygen atoms in total. The van der Waals surface area contributed by atoms with Gasteiger partial charge in [0.05, 0.1) is 25.7 Å². The molecule has 0 bridgehead atoms. The highest BCUT2D eigenvalue weighted by Gasteiger charge is 2.18. The van der Waals surface area contributed by atoms with E-state index in [1.807, 2.05) is 26.0 Å². The molecule has 2 aromatic heterocycles. The van der Waals surface area contributed by atoms with Gasteiger partial charge in [-0.15, -0.1) is 5.10 Å². The van der Waals surface area contributed by atoms with Crippen molar-refractivity contribution in [2.24, 2.45) is 0 Å². The van der Waals surface area contributed by atoms with Crippen LogP contribution in [0.5, 0.6) is 11.5 Å². The summed E-state index contributed by atoms with van der Waals surface area (Å²) in [5, 5.41) is 4.35. The Kier molecular flexibility index (Phi) is 4.84. The molecule has 0 aliphatic heterocycles. The Morgan fingerprint density at radius 2 is 1.81 bits per heavy atom. The highest BCUT2D eigenvalue weighted by Crippen LogP contribution is 2.29. The molecule has 3 aromatic rings. The number of benzene rings is 1. The summed E-state index contributed by atoms with van der Waals surface area (Å²) in [7, 11) is -0.806. The molecular formula is C17H20N4O4S. The van der Waals surface area contributed by atoms with Gasteiger partial charge in [-0.2, -0.15) is 0 Å². The summed E-state index contributed by atoms with van der Waals surface area (Å²) in [4.78, 5) is 4.45. The van der Waals surface area contributed by atoms with Crippen LogP contribution in [0.4, 0.5) is 0 Å². The minimum absolute atomic E-state index is 0.0170. The number of pyridine rings is 1. The second-order valence-corrected chi connectivity index (χ2v) is 7.58. The summed E-state index contributed by atoms with van der Waals surface area (Å²) in [5.41, 5.74) is 2.68. The molecule has 2 heterocycles. The van der Waals surface area contributed by atoms with Crippen LogP contribution in [0.1, 0.15) is 17.1 Å². The second kappa shape index (κ2) is 6.93. The van der Waals surface area contributed by atoms with Crippen molar-refractivity contribution in [3.05, 3.63) is 47.4 Å². The minimum atomic E-state index is -3.75. The number of aromatic nitrogens is 3. The van der Waals surface area contributed by atoms with Crippen LogP contribution >= 0.6 is 0 Å². The first-order valence-electron chi connectivity index (χ1n) is 7.88. The zero-order valence-electron chi connectivity index (χ0n) is 15.0. The van der Waals surface area contributed by atoms with Gasteiger partial charge in [-0.25, -0.2) is 22.6 Å². The van der Waals surface area contributed by atoms with Crippen molar-refractivity contribution in [2.45, 2.75) is 25.3 Å². The highest BCUT2D eigenvalue weighted by molar-refractivity contribution is 7.89. The van der Waals surface area contributed by atoms with Crippen LogP contribution in [-0.2, 0) is 16.6 Å². The summed E-state index contributed by atoms with van der Waals surface area (Å²) in [6.07, 6.45) is 0. The molecule has 138 valence electrons. The number of ether oxygens (including phenoxy) is 2. The Hall–Kier alpha value is -2.65. The predicted molar refractivity (Wildman–Crippen MR) is 96.0 cm³/mol. The van der Waals surface area contributed by atoms with Crippen LogP contribution in [0.15, 0.2) is 35.2 Å². The van der Waals surface area contributed by atoms with Gasteiger partial charge in [0.2, 0.25) is 10.0 Å². The fourth-order valence-electron chi connectivity index (χ4n) is 2.66. The molecule has 0 saturated heterocycles. The van der Waals surface area contributed by atoms with Crippen molar-refractivity contribution in [1.29, 1.82) is 0 Å². The van der Waals surface area contributed by atoms with Gasteiger partial charge in [-0.3, -0.25) is 0 Å². The standard InChI is InChI=1S/C17H20N4O4S/c1-11-7-12(2)21-17(8-11)19-16(20-21)10-18-26(22,23)13-5-6-14(24-3)15(9-13)25-4/h5-9,18H,10H2,1-4H3. The molecule has 0 radical (unpaired) electrons. The van der Waals surface area contributed by atoms with Gasteiger partial charge in [-0.1, -0.05) is 0 Å². The molecular weight excluding hydrogens is 356 g/mol. The van der Waals surface area contributed by atoms with E-state index in [0.29, 0.717) is 23.0 Å². The SMILES string of the molecule is COc1ccc(S(=O)(=O)NCc2nc3cc(C)cc(C)n3n2)cc1OC. The van der Waals surface area contributed by atoms with E-state index in [1.165, 1.54) is 26.4 Å². The van der Waals surface area contributed by atoms with Crippen LogP contribution in [0.2, 0.25) is 0 Å². The predicted octanol–water partition coefficient (Wildman–Crippen LogP) is 1.84. The van der Waals surface area contributed by atoms with E-state index in [-0.39, 0.29) is 11.4 Å². The Balaban J connectivity index is 1.83. The largest absolute Gasteiger partial charge is 0.493 e. The lowest BCUT2D eigenvalue weighted by Crippen LogP contribution is -2.24.